The number of carbonyl (C=O) groups is 1. The molecule has 0 radical (unpaired) electrons. The van der Waals surface area contributed by atoms with E-state index in [1.807, 2.05) is 61.5 Å². The quantitative estimate of drug-likeness (QED) is 0.138. The fourth-order valence-corrected chi connectivity index (χ4v) is 8.32. The van der Waals surface area contributed by atoms with Crippen LogP contribution in [0.25, 0.3) is 0 Å². The van der Waals surface area contributed by atoms with Gasteiger partial charge in [0, 0.05) is 53.6 Å². The van der Waals surface area contributed by atoms with E-state index < -0.39 is 20.9 Å². The largest absolute Gasteiger partial charge is 0.375 e. The second-order valence-corrected chi connectivity index (χ2v) is 15.1. The molecule has 2 fully saturated rings. The van der Waals surface area contributed by atoms with E-state index in [0.29, 0.717) is 17.7 Å². The van der Waals surface area contributed by atoms with Crippen LogP contribution in [0.15, 0.2) is 82.6 Å². The summed E-state index contributed by atoms with van der Waals surface area (Å²) >= 11 is 1.62. The average Bonchev–Trinajstić information content (AvgIpc) is 3.48. The van der Waals surface area contributed by atoms with E-state index >= 15 is 0 Å². The molecular weight excluding hydrogens is 611 g/mol. The van der Waals surface area contributed by atoms with Gasteiger partial charge in [0.2, 0.25) is 0 Å². The molecule has 3 aromatic carbocycles. The van der Waals surface area contributed by atoms with Gasteiger partial charge in [0.05, 0.1) is 9.82 Å². The number of likely N-dealkylation sites (N-methyl/N-ethyl adjacent to an activating group) is 1. The zero-order valence-corrected chi connectivity index (χ0v) is 27.4. The Bertz CT molecular complexity index is 1580. The number of rotatable bonds is 12. The molecule has 0 bridgehead atoms. The van der Waals surface area contributed by atoms with Crippen molar-refractivity contribution in [1.82, 2.24) is 9.62 Å². The summed E-state index contributed by atoms with van der Waals surface area (Å²) in [6, 6.07) is 20.3. The molecule has 1 saturated carbocycles. The molecule has 0 aromatic heterocycles. The molecule has 1 atom stereocenters. The summed E-state index contributed by atoms with van der Waals surface area (Å²) in [6.45, 7) is 2.56. The minimum absolute atomic E-state index is 0.164. The monoisotopic (exact) mass is 651 g/mol. The molecule has 1 aliphatic heterocycles. The van der Waals surface area contributed by atoms with Crippen molar-refractivity contribution in [3.05, 3.63) is 88.5 Å². The Labute approximate surface area is 269 Å². The Hall–Kier alpha value is -3.61. The first-order valence-corrected chi connectivity index (χ1v) is 17.8. The second-order valence-electron chi connectivity index (χ2n) is 12.3. The number of carbonyl (C=O) groups excluding carboxylic acids is 1. The maximum Gasteiger partial charge on any atom is 0.293 e. The van der Waals surface area contributed by atoms with Gasteiger partial charge in [0.25, 0.3) is 21.6 Å². The number of thioether (sulfide) groups is 1. The van der Waals surface area contributed by atoms with Crippen LogP contribution in [0.3, 0.4) is 0 Å². The van der Waals surface area contributed by atoms with Gasteiger partial charge in [-0.2, -0.15) is 0 Å². The topological polar surface area (TPSA) is 125 Å². The van der Waals surface area contributed by atoms with Gasteiger partial charge in [0.15, 0.2) is 0 Å². The van der Waals surface area contributed by atoms with Crippen LogP contribution in [0.5, 0.6) is 0 Å². The van der Waals surface area contributed by atoms with Gasteiger partial charge in [-0.15, -0.1) is 11.8 Å². The van der Waals surface area contributed by atoms with E-state index in [2.05, 4.69) is 14.9 Å². The predicted octanol–water partition coefficient (Wildman–Crippen LogP) is 6.01. The zero-order valence-electron chi connectivity index (χ0n) is 25.8. The SMILES string of the molecule is CN(C)C[C@H](CSc1ccccc1)Nc1ccc(S(=O)(=O)NC(=O)c2ccc(N3CCC4(CCCC4)CC3)cc2)cc1[N+](=O)[O-]. The van der Waals surface area contributed by atoms with Crippen molar-refractivity contribution in [3.63, 3.8) is 0 Å². The van der Waals surface area contributed by atoms with Gasteiger partial charge >= 0.3 is 0 Å². The number of anilines is 2. The van der Waals surface area contributed by atoms with Crippen LogP contribution >= 0.6 is 11.8 Å². The van der Waals surface area contributed by atoms with Crippen molar-refractivity contribution in [3.8, 4) is 0 Å². The molecule has 240 valence electrons. The summed E-state index contributed by atoms with van der Waals surface area (Å²) in [5.41, 5.74) is 1.53. The number of hydrogen-bond acceptors (Lipinski definition) is 9. The molecule has 3 aromatic rings. The van der Waals surface area contributed by atoms with Crippen LogP contribution in [-0.2, 0) is 10.0 Å². The van der Waals surface area contributed by atoms with Crippen molar-refractivity contribution >= 4 is 44.8 Å². The molecular formula is C33H41N5O5S2. The molecule has 5 rings (SSSR count). The minimum Gasteiger partial charge on any atom is -0.375 e. The minimum atomic E-state index is -4.37. The lowest BCUT2D eigenvalue weighted by Gasteiger charge is -2.40. The molecule has 1 aliphatic carbocycles. The van der Waals surface area contributed by atoms with Crippen LogP contribution in [0.2, 0.25) is 0 Å². The molecule has 0 unspecified atom stereocenters. The van der Waals surface area contributed by atoms with E-state index in [-0.39, 0.29) is 27.9 Å². The van der Waals surface area contributed by atoms with Crippen LogP contribution < -0.4 is 14.9 Å². The van der Waals surface area contributed by atoms with Gasteiger partial charge in [-0.1, -0.05) is 31.0 Å². The van der Waals surface area contributed by atoms with E-state index in [1.165, 1.54) is 50.7 Å². The molecule has 2 N–H and O–H groups in total. The van der Waals surface area contributed by atoms with Gasteiger partial charge in [-0.3, -0.25) is 14.9 Å². The standard InChI is InChI=1S/C33H41N5O5S2/c1-36(2)23-26(24-44-28-8-4-3-5-9-28)34-30-15-14-29(22-31(30)38(40)41)45(42,43)35-32(39)25-10-12-27(13-11-25)37-20-18-33(19-21-37)16-6-7-17-33/h3-5,8-15,22,26,34H,6-7,16-21,23-24H2,1-2H3,(H,35,39)/t26-/m1/s1. The van der Waals surface area contributed by atoms with Crippen LogP contribution in [0.1, 0.15) is 48.9 Å². The van der Waals surface area contributed by atoms with E-state index in [0.717, 1.165) is 29.7 Å². The maximum atomic E-state index is 13.2. The Morgan fingerprint density at radius 1 is 1.00 bits per heavy atom. The maximum absolute atomic E-state index is 13.2. The number of nitrogens with one attached hydrogen (secondary N) is 2. The summed E-state index contributed by atoms with van der Waals surface area (Å²) in [6.07, 6.45) is 7.65. The zero-order chi connectivity index (χ0) is 32.0. The number of nitrogens with zero attached hydrogens (tertiary/aromatic N) is 3. The first-order valence-electron chi connectivity index (χ1n) is 15.3. The molecule has 10 nitrogen and oxygen atoms in total. The first kappa shape index (κ1) is 32.8. The summed E-state index contributed by atoms with van der Waals surface area (Å²) in [5.74, 6) is -0.161. The smallest absolute Gasteiger partial charge is 0.293 e. The number of hydrogen-bond donors (Lipinski definition) is 2. The number of nitro groups is 1. The molecule has 1 saturated heterocycles. The average molecular weight is 652 g/mol. The first-order chi connectivity index (χ1) is 21.5. The Kier molecular flexibility index (Phi) is 10.4. The highest BCUT2D eigenvalue weighted by atomic mass is 32.2. The van der Waals surface area contributed by atoms with Gasteiger partial charge < -0.3 is 15.1 Å². The Morgan fingerprint density at radius 3 is 2.29 bits per heavy atom. The lowest BCUT2D eigenvalue weighted by atomic mass is 9.77. The van der Waals surface area contributed by atoms with Crippen LogP contribution in [0, 0.1) is 15.5 Å². The van der Waals surface area contributed by atoms with E-state index in [9.17, 15) is 23.3 Å². The van der Waals surface area contributed by atoms with Crippen LogP contribution in [0.4, 0.5) is 17.1 Å². The molecule has 1 heterocycles. The molecule has 2 aliphatic rings. The summed E-state index contributed by atoms with van der Waals surface area (Å²) in [7, 11) is -0.537. The number of nitro benzene ring substituents is 1. The van der Waals surface area contributed by atoms with E-state index in [1.54, 1.807) is 23.9 Å². The number of amides is 1. The second kappa shape index (κ2) is 14.2. The molecule has 1 spiro atoms. The Balaban J connectivity index is 1.24. The normalized spacial score (nSPS) is 16.9. The van der Waals surface area contributed by atoms with Gasteiger partial charge in [-0.05, 0) is 93.7 Å². The van der Waals surface area contributed by atoms with Crippen molar-refractivity contribution in [2.45, 2.75) is 54.4 Å². The highest BCUT2D eigenvalue weighted by Gasteiger charge is 2.37. The molecule has 45 heavy (non-hydrogen) atoms. The number of piperidine rings is 1. The third kappa shape index (κ3) is 8.36. The lowest BCUT2D eigenvalue weighted by molar-refractivity contribution is -0.384. The van der Waals surface area contributed by atoms with Crippen molar-refractivity contribution in [2.24, 2.45) is 5.41 Å². The van der Waals surface area contributed by atoms with Crippen molar-refractivity contribution in [1.29, 1.82) is 0 Å². The fourth-order valence-electron chi connectivity index (χ4n) is 6.39. The lowest BCUT2D eigenvalue weighted by Crippen LogP contribution is -2.38. The molecule has 12 heteroatoms. The summed E-state index contributed by atoms with van der Waals surface area (Å²) in [5, 5.41) is 15.3. The summed E-state index contributed by atoms with van der Waals surface area (Å²) < 4.78 is 28.4. The number of sulfonamides is 1. The van der Waals surface area contributed by atoms with Crippen molar-refractivity contribution < 1.29 is 18.1 Å². The fraction of sp³-hybridized carbons (Fsp3) is 0.424. The summed E-state index contributed by atoms with van der Waals surface area (Å²) in [4.78, 5) is 29.4. The van der Waals surface area contributed by atoms with Gasteiger partial charge in [-0.25, -0.2) is 13.1 Å². The predicted molar refractivity (Wildman–Crippen MR) is 180 cm³/mol. The third-order valence-electron chi connectivity index (χ3n) is 8.83. The van der Waals surface area contributed by atoms with Gasteiger partial charge in [0.1, 0.15) is 5.69 Å². The van der Waals surface area contributed by atoms with E-state index in [4.69, 9.17) is 0 Å². The highest BCUT2D eigenvalue weighted by Crippen LogP contribution is 2.46. The van der Waals surface area contributed by atoms with Crippen molar-refractivity contribution in [2.75, 3.05) is 49.7 Å². The molecule has 1 amide bonds. The van der Waals surface area contributed by atoms with Crippen LogP contribution in [-0.4, -0.2) is 69.7 Å². The highest BCUT2D eigenvalue weighted by molar-refractivity contribution is 7.99. The third-order valence-corrected chi connectivity index (χ3v) is 11.3. The number of benzene rings is 3. The Morgan fingerprint density at radius 2 is 1.67 bits per heavy atom.